The van der Waals surface area contributed by atoms with Gasteiger partial charge in [-0.15, -0.1) is 0 Å². The monoisotopic (exact) mass is 279 g/mol. The van der Waals surface area contributed by atoms with Crippen molar-refractivity contribution in [3.63, 3.8) is 0 Å². The molecule has 1 aromatic heterocycles. The van der Waals surface area contributed by atoms with Crippen LogP contribution in [0.1, 0.15) is 28.6 Å². The summed E-state index contributed by atoms with van der Waals surface area (Å²) in [7, 11) is 0. The SMILES string of the molecule is CCc1ccc2oc(C(=O)Nc3ccccc3)c(C)c2c1. The topological polar surface area (TPSA) is 42.2 Å². The summed E-state index contributed by atoms with van der Waals surface area (Å²) in [6.07, 6.45) is 0.964. The molecule has 1 amide bonds. The highest BCUT2D eigenvalue weighted by Crippen LogP contribution is 2.27. The molecule has 0 bridgehead atoms. The molecular weight excluding hydrogens is 262 g/mol. The smallest absolute Gasteiger partial charge is 0.291 e. The number of amides is 1. The van der Waals surface area contributed by atoms with E-state index in [-0.39, 0.29) is 5.91 Å². The number of carbonyl (C=O) groups excluding carboxylic acids is 1. The number of hydrogen-bond donors (Lipinski definition) is 1. The van der Waals surface area contributed by atoms with Gasteiger partial charge in [-0.2, -0.15) is 0 Å². The van der Waals surface area contributed by atoms with Crippen LogP contribution in [0.4, 0.5) is 5.69 Å². The maximum Gasteiger partial charge on any atom is 0.291 e. The van der Waals surface area contributed by atoms with Crippen LogP contribution in [0.2, 0.25) is 0 Å². The Bertz CT molecular complexity index is 788. The Morgan fingerprint density at radius 1 is 1.14 bits per heavy atom. The molecule has 0 saturated carbocycles. The van der Waals surface area contributed by atoms with E-state index in [2.05, 4.69) is 18.3 Å². The fraction of sp³-hybridized carbons (Fsp3) is 0.167. The van der Waals surface area contributed by atoms with Gasteiger partial charge in [0.05, 0.1) is 0 Å². The number of fused-ring (bicyclic) bond motifs is 1. The molecule has 21 heavy (non-hydrogen) atoms. The number of para-hydroxylation sites is 1. The lowest BCUT2D eigenvalue weighted by atomic mass is 10.1. The van der Waals surface area contributed by atoms with Crippen LogP contribution < -0.4 is 5.32 Å². The van der Waals surface area contributed by atoms with Crippen molar-refractivity contribution in [2.45, 2.75) is 20.3 Å². The highest BCUT2D eigenvalue weighted by atomic mass is 16.3. The van der Waals surface area contributed by atoms with Crippen molar-refractivity contribution in [1.29, 1.82) is 0 Å². The van der Waals surface area contributed by atoms with Crippen molar-refractivity contribution >= 4 is 22.6 Å². The molecule has 0 aliphatic heterocycles. The molecule has 0 radical (unpaired) electrons. The van der Waals surface area contributed by atoms with Crippen molar-refractivity contribution in [2.24, 2.45) is 0 Å². The molecule has 0 unspecified atom stereocenters. The molecule has 0 atom stereocenters. The molecule has 0 spiro atoms. The van der Waals surface area contributed by atoms with Crippen molar-refractivity contribution < 1.29 is 9.21 Å². The van der Waals surface area contributed by atoms with E-state index in [0.29, 0.717) is 5.76 Å². The Balaban J connectivity index is 1.96. The van der Waals surface area contributed by atoms with E-state index in [4.69, 9.17) is 4.42 Å². The quantitative estimate of drug-likeness (QED) is 0.764. The molecule has 3 rings (SSSR count). The van der Waals surface area contributed by atoms with Crippen molar-refractivity contribution in [3.8, 4) is 0 Å². The van der Waals surface area contributed by atoms with Crippen LogP contribution in [0.3, 0.4) is 0 Å². The van der Waals surface area contributed by atoms with Crippen LogP contribution in [0.5, 0.6) is 0 Å². The molecule has 1 N–H and O–H groups in total. The number of nitrogens with one attached hydrogen (secondary N) is 1. The Labute approximate surface area is 123 Å². The first kappa shape index (κ1) is 13.4. The second-order valence-corrected chi connectivity index (χ2v) is 5.06. The summed E-state index contributed by atoms with van der Waals surface area (Å²) in [6, 6.07) is 15.4. The predicted molar refractivity (Wildman–Crippen MR) is 84.7 cm³/mol. The van der Waals surface area contributed by atoms with Gasteiger partial charge in [-0.25, -0.2) is 0 Å². The largest absolute Gasteiger partial charge is 0.451 e. The number of carbonyl (C=O) groups is 1. The fourth-order valence-electron chi connectivity index (χ4n) is 2.41. The molecule has 1 heterocycles. The van der Waals surface area contributed by atoms with E-state index in [1.807, 2.05) is 49.4 Å². The van der Waals surface area contributed by atoms with Crippen molar-refractivity contribution in [1.82, 2.24) is 0 Å². The molecule has 3 aromatic rings. The van der Waals surface area contributed by atoms with E-state index in [9.17, 15) is 4.79 Å². The van der Waals surface area contributed by atoms with Gasteiger partial charge < -0.3 is 9.73 Å². The first-order valence-corrected chi connectivity index (χ1v) is 7.07. The number of benzene rings is 2. The van der Waals surface area contributed by atoms with Gasteiger partial charge in [-0.1, -0.05) is 31.2 Å². The Hall–Kier alpha value is -2.55. The van der Waals surface area contributed by atoms with Gasteiger partial charge in [-0.05, 0) is 43.2 Å². The number of hydrogen-bond acceptors (Lipinski definition) is 2. The Morgan fingerprint density at radius 2 is 1.90 bits per heavy atom. The van der Waals surface area contributed by atoms with Crippen LogP contribution in [-0.4, -0.2) is 5.91 Å². The van der Waals surface area contributed by atoms with Gasteiger partial charge in [0.2, 0.25) is 0 Å². The second-order valence-electron chi connectivity index (χ2n) is 5.06. The van der Waals surface area contributed by atoms with E-state index in [0.717, 1.165) is 28.6 Å². The second kappa shape index (κ2) is 5.44. The zero-order valence-electron chi connectivity index (χ0n) is 12.1. The Morgan fingerprint density at radius 3 is 2.62 bits per heavy atom. The average molecular weight is 279 g/mol. The van der Waals surface area contributed by atoms with Gasteiger partial charge in [-0.3, -0.25) is 4.79 Å². The minimum absolute atomic E-state index is 0.215. The van der Waals surface area contributed by atoms with Crippen LogP contribution in [0.25, 0.3) is 11.0 Å². The van der Waals surface area contributed by atoms with Crippen LogP contribution in [-0.2, 0) is 6.42 Å². The molecule has 3 heteroatoms. The maximum atomic E-state index is 12.4. The summed E-state index contributed by atoms with van der Waals surface area (Å²) in [5.41, 5.74) is 3.63. The standard InChI is InChI=1S/C18H17NO2/c1-3-13-9-10-16-15(11-13)12(2)17(21-16)18(20)19-14-7-5-4-6-8-14/h4-11H,3H2,1-2H3,(H,19,20). The lowest BCUT2D eigenvalue weighted by molar-refractivity contribution is 0.0998. The third-order valence-electron chi connectivity index (χ3n) is 3.65. The first-order chi connectivity index (χ1) is 10.2. The van der Waals surface area contributed by atoms with Gasteiger partial charge >= 0.3 is 0 Å². The molecule has 0 aliphatic rings. The normalized spacial score (nSPS) is 10.8. The maximum absolute atomic E-state index is 12.4. The third kappa shape index (κ3) is 2.55. The first-order valence-electron chi connectivity index (χ1n) is 7.07. The molecule has 0 fully saturated rings. The molecule has 0 saturated heterocycles. The van der Waals surface area contributed by atoms with Gasteiger partial charge in [0.15, 0.2) is 5.76 Å². The van der Waals surface area contributed by atoms with Gasteiger partial charge in [0.25, 0.3) is 5.91 Å². The van der Waals surface area contributed by atoms with Gasteiger partial charge in [0, 0.05) is 16.6 Å². The Kier molecular flexibility index (Phi) is 3.48. The summed E-state index contributed by atoms with van der Waals surface area (Å²) in [5, 5.41) is 3.86. The predicted octanol–water partition coefficient (Wildman–Crippen LogP) is 4.56. The zero-order valence-corrected chi connectivity index (χ0v) is 12.1. The van der Waals surface area contributed by atoms with E-state index < -0.39 is 0 Å². The lowest BCUT2D eigenvalue weighted by Gasteiger charge is -2.02. The zero-order chi connectivity index (χ0) is 14.8. The van der Waals surface area contributed by atoms with Crippen molar-refractivity contribution in [3.05, 3.63) is 65.4 Å². The van der Waals surface area contributed by atoms with E-state index in [1.165, 1.54) is 5.56 Å². The van der Waals surface area contributed by atoms with Gasteiger partial charge in [0.1, 0.15) is 5.58 Å². The molecule has 0 aliphatic carbocycles. The molecule has 2 aromatic carbocycles. The van der Waals surface area contributed by atoms with Crippen LogP contribution >= 0.6 is 0 Å². The third-order valence-corrected chi connectivity index (χ3v) is 3.65. The minimum Gasteiger partial charge on any atom is -0.451 e. The van der Waals surface area contributed by atoms with Crippen LogP contribution in [0, 0.1) is 6.92 Å². The molecule has 3 nitrogen and oxygen atoms in total. The number of anilines is 1. The summed E-state index contributed by atoms with van der Waals surface area (Å²) >= 11 is 0. The summed E-state index contributed by atoms with van der Waals surface area (Å²) < 4.78 is 5.72. The van der Waals surface area contributed by atoms with E-state index in [1.54, 1.807) is 0 Å². The highest BCUT2D eigenvalue weighted by molar-refractivity contribution is 6.06. The average Bonchev–Trinajstić information content (AvgIpc) is 2.85. The highest BCUT2D eigenvalue weighted by Gasteiger charge is 2.17. The lowest BCUT2D eigenvalue weighted by Crippen LogP contribution is -2.11. The fourth-order valence-corrected chi connectivity index (χ4v) is 2.41. The summed E-state index contributed by atoms with van der Waals surface area (Å²) in [6.45, 7) is 4.03. The number of rotatable bonds is 3. The molecule has 106 valence electrons. The molecular formula is C18H17NO2. The van der Waals surface area contributed by atoms with E-state index >= 15 is 0 Å². The summed E-state index contributed by atoms with van der Waals surface area (Å²) in [4.78, 5) is 12.4. The minimum atomic E-state index is -0.215. The number of aryl methyl sites for hydroxylation is 2. The summed E-state index contributed by atoms with van der Waals surface area (Å²) in [5.74, 6) is 0.162. The number of furan rings is 1. The van der Waals surface area contributed by atoms with Crippen molar-refractivity contribution in [2.75, 3.05) is 5.32 Å². The van der Waals surface area contributed by atoms with Crippen LogP contribution in [0.15, 0.2) is 52.9 Å².